The van der Waals surface area contributed by atoms with Gasteiger partial charge in [-0.15, -0.1) is 6.58 Å². The van der Waals surface area contributed by atoms with Crippen LogP contribution in [0.3, 0.4) is 0 Å². The van der Waals surface area contributed by atoms with Gasteiger partial charge in [-0.3, -0.25) is 4.79 Å². The van der Waals surface area contributed by atoms with Crippen LogP contribution in [0.2, 0.25) is 0 Å². The molecule has 6 heteroatoms. The Bertz CT molecular complexity index is 537. The predicted molar refractivity (Wildman–Crippen MR) is 74.8 cm³/mol. The molecular weight excluding hydrogens is 276 g/mol. The normalized spacial score (nSPS) is 13.7. The molecule has 114 valence electrons. The molecule has 0 radical (unpaired) electrons. The number of benzene rings is 1. The van der Waals surface area contributed by atoms with Crippen molar-refractivity contribution in [3.8, 4) is 0 Å². The van der Waals surface area contributed by atoms with Crippen molar-refractivity contribution in [1.29, 1.82) is 0 Å². The Balaban J connectivity index is 3.16. The third kappa shape index (κ3) is 3.90. The molecule has 1 rings (SSSR count). The first-order chi connectivity index (χ1) is 9.83. The number of aliphatic hydroxyl groups is 2. The Labute approximate surface area is 122 Å². The van der Waals surface area contributed by atoms with E-state index in [1.807, 2.05) is 0 Å². The maximum atomic E-state index is 11.5. The first kappa shape index (κ1) is 16.9. The molecule has 1 aromatic rings. The zero-order valence-corrected chi connectivity index (χ0v) is 11.4. The van der Waals surface area contributed by atoms with Crippen LogP contribution in [0.5, 0.6) is 0 Å². The second kappa shape index (κ2) is 7.01. The highest BCUT2D eigenvalue weighted by Gasteiger charge is 2.44. The van der Waals surface area contributed by atoms with Crippen LogP contribution in [0, 0.1) is 5.41 Å². The molecular formula is C15H18O6. The van der Waals surface area contributed by atoms with Gasteiger partial charge in [0.05, 0.1) is 5.56 Å². The van der Waals surface area contributed by atoms with Gasteiger partial charge in [0.25, 0.3) is 0 Å². The topological polar surface area (TPSA) is 115 Å². The van der Waals surface area contributed by atoms with Crippen molar-refractivity contribution in [2.24, 2.45) is 5.41 Å². The summed E-state index contributed by atoms with van der Waals surface area (Å²) in [7, 11) is 0. The molecule has 1 unspecified atom stereocenters. The molecule has 0 aliphatic carbocycles. The highest BCUT2D eigenvalue weighted by Crippen LogP contribution is 2.33. The van der Waals surface area contributed by atoms with Gasteiger partial charge in [-0.05, 0) is 37.0 Å². The van der Waals surface area contributed by atoms with Gasteiger partial charge in [0, 0.05) is 0 Å². The number of aliphatic hydroxyl groups excluding tert-OH is 1. The predicted octanol–water partition coefficient (Wildman–Crippen LogP) is 1.28. The maximum absolute atomic E-state index is 11.5. The molecule has 4 N–H and O–H groups in total. The lowest BCUT2D eigenvalue weighted by molar-refractivity contribution is -0.182. The van der Waals surface area contributed by atoms with E-state index in [-0.39, 0.29) is 18.4 Å². The molecule has 0 bridgehead atoms. The van der Waals surface area contributed by atoms with Crippen molar-refractivity contribution in [1.82, 2.24) is 0 Å². The third-order valence-corrected chi connectivity index (χ3v) is 3.41. The molecule has 0 amide bonds. The van der Waals surface area contributed by atoms with E-state index in [0.29, 0.717) is 12.0 Å². The number of rotatable bonds is 8. The Morgan fingerprint density at radius 3 is 2.43 bits per heavy atom. The van der Waals surface area contributed by atoms with Crippen LogP contribution < -0.4 is 0 Å². The van der Waals surface area contributed by atoms with Crippen molar-refractivity contribution >= 4 is 11.9 Å². The fourth-order valence-electron chi connectivity index (χ4n) is 2.14. The molecule has 0 aliphatic heterocycles. The van der Waals surface area contributed by atoms with Crippen LogP contribution in [0.1, 0.15) is 28.8 Å². The van der Waals surface area contributed by atoms with E-state index >= 15 is 0 Å². The molecule has 0 saturated carbocycles. The highest BCUT2D eigenvalue weighted by atomic mass is 16.5. The smallest absolute Gasteiger partial charge is 0.335 e. The average molecular weight is 294 g/mol. The van der Waals surface area contributed by atoms with Crippen LogP contribution in [0.25, 0.3) is 0 Å². The van der Waals surface area contributed by atoms with Crippen molar-refractivity contribution in [3.63, 3.8) is 0 Å². The number of aliphatic carboxylic acids is 1. The van der Waals surface area contributed by atoms with Gasteiger partial charge in [-0.25, -0.2) is 4.79 Å². The SMILES string of the molecule is C=CCCC(Cc1cccc(C(=O)O)c1)(C(=O)O)C(O)O. The fraction of sp³-hybridized carbons (Fsp3) is 0.333. The van der Waals surface area contributed by atoms with E-state index in [0.717, 1.165) is 0 Å². The van der Waals surface area contributed by atoms with E-state index in [1.165, 1.54) is 24.3 Å². The Hall–Kier alpha value is -2.18. The van der Waals surface area contributed by atoms with Crippen molar-refractivity contribution in [2.45, 2.75) is 25.6 Å². The van der Waals surface area contributed by atoms with Crippen LogP contribution in [0.15, 0.2) is 36.9 Å². The van der Waals surface area contributed by atoms with Gasteiger partial charge in [0.15, 0.2) is 6.29 Å². The lowest BCUT2D eigenvalue weighted by Gasteiger charge is -2.31. The first-order valence-corrected chi connectivity index (χ1v) is 6.36. The third-order valence-electron chi connectivity index (χ3n) is 3.41. The molecule has 1 atom stereocenters. The van der Waals surface area contributed by atoms with E-state index in [4.69, 9.17) is 5.11 Å². The van der Waals surface area contributed by atoms with Gasteiger partial charge in [0.2, 0.25) is 0 Å². The lowest BCUT2D eigenvalue weighted by atomic mass is 9.76. The van der Waals surface area contributed by atoms with Crippen LogP contribution in [0.4, 0.5) is 0 Å². The Morgan fingerprint density at radius 1 is 1.29 bits per heavy atom. The van der Waals surface area contributed by atoms with Gasteiger partial charge in [0.1, 0.15) is 5.41 Å². The molecule has 0 heterocycles. The number of carbonyl (C=O) groups is 2. The average Bonchev–Trinajstić information content (AvgIpc) is 2.43. The Morgan fingerprint density at radius 2 is 1.95 bits per heavy atom. The molecule has 21 heavy (non-hydrogen) atoms. The summed E-state index contributed by atoms with van der Waals surface area (Å²) in [5.41, 5.74) is -1.37. The van der Waals surface area contributed by atoms with Crippen molar-refractivity contribution in [2.75, 3.05) is 0 Å². The summed E-state index contributed by atoms with van der Waals surface area (Å²) in [4.78, 5) is 22.5. The largest absolute Gasteiger partial charge is 0.481 e. The molecule has 0 fully saturated rings. The zero-order valence-electron chi connectivity index (χ0n) is 11.4. The highest BCUT2D eigenvalue weighted by molar-refractivity contribution is 5.87. The minimum absolute atomic E-state index is 0.0131. The Kier molecular flexibility index (Phi) is 5.63. The number of carboxylic acid groups (broad SMARTS) is 2. The minimum atomic E-state index is -2.07. The van der Waals surface area contributed by atoms with Crippen LogP contribution in [-0.4, -0.2) is 38.7 Å². The second-order valence-corrected chi connectivity index (χ2v) is 4.84. The number of aromatic carboxylic acids is 1. The van der Waals surface area contributed by atoms with E-state index in [1.54, 1.807) is 6.07 Å². The summed E-state index contributed by atoms with van der Waals surface area (Å²) < 4.78 is 0. The molecule has 0 aliphatic rings. The fourth-order valence-corrected chi connectivity index (χ4v) is 2.14. The summed E-state index contributed by atoms with van der Waals surface area (Å²) >= 11 is 0. The van der Waals surface area contributed by atoms with Gasteiger partial charge < -0.3 is 20.4 Å². The lowest BCUT2D eigenvalue weighted by Crippen LogP contribution is -2.44. The molecule has 0 spiro atoms. The number of hydrogen-bond acceptors (Lipinski definition) is 4. The summed E-state index contributed by atoms with van der Waals surface area (Å²) in [6.07, 6.45) is -0.477. The second-order valence-electron chi connectivity index (χ2n) is 4.84. The number of carboxylic acids is 2. The van der Waals surface area contributed by atoms with E-state index in [2.05, 4.69) is 6.58 Å². The first-order valence-electron chi connectivity index (χ1n) is 6.36. The monoisotopic (exact) mass is 294 g/mol. The molecule has 1 aromatic carbocycles. The van der Waals surface area contributed by atoms with Gasteiger partial charge in [-0.1, -0.05) is 18.2 Å². The molecule has 6 nitrogen and oxygen atoms in total. The molecule has 0 aromatic heterocycles. The number of hydrogen-bond donors (Lipinski definition) is 4. The van der Waals surface area contributed by atoms with Crippen molar-refractivity contribution in [3.05, 3.63) is 48.0 Å². The quantitative estimate of drug-likeness (QED) is 0.424. The maximum Gasteiger partial charge on any atom is 0.335 e. The van der Waals surface area contributed by atoms with E-state index < -0.39 is 23.6 Å². The molecule has 0 saturated heterocycles. The summed E-state index contributed by atoms with van der Waals surface area (Å²) in [6, 6.07) is 5.76. The van der Waals surface area contributed by atoms with Crippen molar-refractivity contribution < 1.29 is 30.0 Å². The standard InChI is InChI=1S/C15H18O6/c1-2-3-7-15(13(18)19,14(20)21)9-10-5-4-6-11(8-10)12(16)17/h2,4-6,8,13,18-19H,1,3,7,9H2,(H,16,17)(H,20,21). The van der Waals surface area contributed by atoms with E-state index in [9.17, 15) is 24.9 Å². The van der Waals surface area contributed by atoms with Crippen LogP contribution in [-0.2, 0) is 11.2 Å². The van der Waals surface area contributed by atoms with Gasteiger partial charge in [-0.2, -0.15) is 0 Å². The summed E-state index contributed by atoms with van der Waals surface area (Å²) in [6.45, 7) is 3.49. The summed E-state index contributed by atoms with van der Waals surface area (Å²) in [5.74, 6) is -2.48. The minimum Gasteiger partial charge on any atom is -0.481 e. The number of allylic oxidation sites excluding steroid dienone is 1. The van der Waals surface area contributed by atoms with Crippen LogP contribution >= 0.6 is 0 Å². The summed E-state index contributed by atoms with van der Waals surface area (Å²) in [5, 5.41) is 37.4. The zero-order chi connectivity index (χ0) is 16.0. The van der Waals surface area contributed by atoms with Gasteiger partial charge >= 0.3 is 11.9 Å².